The molecule has 0 spiro atoms. The molecule has 1 heterocycles. The summed E-state index contributed by atoms with van der Waals surface area (Å²) < 4.78 is 0. The van der Waals surface area contributed by atoms with Gasteiger partial charge in [0.2, 0.25) is 23.6 Å². The van der Waals surface area contributed by atoms with E-state index in [9.17, 15) is 28.8 Å². The molecule has 6 amide bonds. The van der Waals surface area contributed by atoms with Gasteiger partial charge in [-0.3, -0.25) is 34.1 Å². The van der Waals surface area contributed by atoms with Crippen molar-refractivity contribution in [3.05, 3.63) is 33.4 Å². The molecule has 1 aromatic carbocycles. The molecule has 0 saturated carbocycles. The van der Waals surface area contributed by atoms with E-state index in [-0.39, 0.29) is 0 Å². The van der Waals surface area contributed by atoms with E-state index in [1.54, 1.807) is 0 Å². The van der Waals surface area contributed by atoms with Crippen LogP contribution < -0.4 is 28.3 Å². The Bertz CT molecular complexity index is 787. The lowest BCUT2D eigenvalue weighted by atomic mass is 9.85. The van der Waals surface area contributed by atoms with Gasteiger partial charge in [-0.25, -0.2) is 0 Å². The maximum absolute atomic E-state index is 11.9. The highest BCUT2D eigenvalue weighted by Gasteiger charge is 2.41. The van der Waals surface area contributed by atoms with Gasteiger partial charge in [0.1, 0.15) is 0 Å². The molecule has 118 valence electrons. The predicted octanol–water partition coefficient (Wildman–Crippen LogP) is -3.03. The summed E-state index contributed by atoms with van der Waals surface area (Å²) in [6.07, 6.45) is 0. The molecule has 0 radical (unpaired) electrons. The van der Waals surface area contributed by atoms with Crippen LogP contribution in [0.1, 0.15) is 62.1 Å². The second-order valence-corrected chi connectivity index (χ2v) is 4.49. The summed E-state index contributed by atoms with van der Waals surface area (Å²) >= 11 is 0. The zero-order chi connectivity index (χ0) is 17.6. The van der Waals surface area contributed by atoms with E-state index in [2.05, 4.69) is 0 Å². The van der Waals surface area contributed by atoms with E-state index in [4.69, 9.17) is 22.9 Å². The molecule has 2 rings (SSSR count). The fourth-order valence-electron chi connectivity index (χ4n) is 2.42. The van der Waals surface area contributed by atoms with Crippen LogP contribution in [0.5, 0.6) is 0 Å². The van der Waals surface area contributed by atoms with Gasteiger partial charge in [0.25, 0.3) is 11.8 Å². The third-order valence-electron chi connectivity index (χ3n) is 3.17. The number of carbonyl (C=O) groups is 6. The number of hydrogen-bond acceptors (Lipinski definition) is 6. The molecular weight excluding hydrogens is 310 g/mol. The monoisotopic (exact) mass is 319 g/mol. The van der Waals surface area contributed by atoms with Crippen LogP contribution in [0, 0.1) is 0 Å². The molecule has 23 heavy (non-hydrogen) atoms. The zero-order valence-electron chi connectivity index (χ0n) is 11.3. The standard InChI is InChI=1S/C12H9N5O6/c13-7(18)1-2(8(14)19)4(10(16)21)6-5(3(1)9(15)20)11(22)17-12(6)23/h(H2,13,18)(H2,14,19)(H2,15,20)(H2,16,21)(H,17,22,23). The number of hydrogen-bond donors (Lipinski definition) is 5. The molecule has 1 aliphatic heterocycles. The third-order valence-corrected chi connectivity index (χ3v) is 3.17. The first-order chi connectivity index (χ1) is 10.6. The highest BCUT2D eigenvalue weighted by molar-refractivity contribution is 6.32. The molecule has 0 aliphatic carbocycles. The molecule has 1 aromatic rings. The number of amides is 6. The second-order valence-electron chi connectivity index (χ2n) is 4.49. The molecular formula is C12H9N5O6. The number of fused-ring (bicyclic) bond motifs is 1. The van der Waals surface area contributed by atoms with Crippen molar-refractivity contribution >= 4 is 35.4 Å². The number of imide groups is 1. The molecule has 11 heteroatoms. The van der Waals surface area contributed by atoms with Crippen LogP contribution in [-0.4, -0.2) is 35.4 Å². The van der Waals surface area contributed by atoms with E-state index >= 15 is 0 Å². The van der Waals surface area contributed by atoms with Gasteiger partial charge in [-0.05, 0) is 0 Å². The van der Waals surface area contributed by atoms with Gasteiger partial charge in [-0.2, -0.15) is 0 Å². The Balaban J connectivity index is 3.23. The smallest absolute Gasteiger partial charge is 0.259 e. The predicted molar refractivity (Wildman–Crippen MR) is 72.3 cm³/mol. The Kier molecular flexibility index (Phi) is 3.33. The fourth-order valence-corrected chi connectivity index (χ4v) is 2.42. The Hall–Kier alpha value is -3.76. The van der Waals surface area contributed by atoms with Crippen LogP contribution in [0.25, 0.3) is 0 Å². The van der Waals surface area contributed by atoms with Crippen molar-refractivity contribution in [1.82, 2.24) is 5.32 Å². The Morgan fingerprint density at radius 1 is 0.565 bits per heavy atom. The van der Waals surface area contributed by atoms with Crippen molar-refractivity contribution in [2.45, 2.75) is 0 Å². The number of carbonyl (C=O) groups excluding carboxylic acids is 6. The molecule has 9 N–H and O–H groups in total. The lowest BCUT2D eigenvalue weighted by Gasteiger charge is -2.15. The Morgan fingerprint density at radius 3 is 1.04 bits per heavy atom. The molecule has 0 saturated heterocycles. The number of benzene rings is 1. The molecule has 0 unspecified atom stereocenters. The lowest BCUT2D eigenvalue weighted by Crippen LogP contribution is -2.32. The quantitative estimate of drug-likeness (QED) is 0.363. The van der Waals surface area contributed by atoms with E-state index in [1.807, 2.05) is 5.32 Å². The number of rotatable bonds is 4. The second kappa shape index (κ2) is 4.91. The maximum Gasteiger partial charge on any atom is 0.259 e. The third kappa shape index (κ3) is 2.07. The van der Waals surface area contributed by atoms with Gasteiger partial charge in [0.15, 0.2) is 0 Å². The average molecular weight is 319 g/mol. The topological polar surface area (TPSA) is 219 Å². The summed E-state index contributed by atoms with van der Waals surface area (Å²) in [4.78, 5) is 70.3. The minimum atomic E-state index is -1.36. The average Bonchev–Trinajstić information content (AvgIpc) is 2.70. The van der Waals surface area contributed by atoms with Crippen LogP contribution in [0.15, 0.2) is 0 Å². The van der Waals surface area contributed by atoms with Crippen molar-refractivity contribution in [1.29, 1.82) is 0 Å². The van der Waals surface area contributed by atoms with Crippen molar-refractivity contribution in [3.63, 3.8) is 0 Å². The minimum Gasteiger partial charge on any atom is -0.366 e. The molecule has 1 aliphatic rings. The highest BCUT2D eigenvalue weighted by Crippen LogP contribution is 2.31. The zero-order valence-corrected chi connectivity index (χ0v) is 11.3. The van der Waals surface area contributed by atoms with E-state index in [1.165, 1.54) is 0 Å². The van der Waals surface area contributed by atoms with E-state index in [0.29, 0.717) is 0 Å². The largest absolute Gasteiger partial charge is 0.366 e. The SMILES string of the molecule is NC(=O)c1c(C(N)=O)c(C(N)=O)c2c(c1C(N)=O)C(=O)NC2=O. The Labute approximate surface area is 126 Å². The number of nitrogens with one attached hydrogen (secondary N) is 1. The van der Waals surface area contributed by atoms with Crippen LogP contribution in [-0.2, 0) is 0 Å². The molecule has 0 fully saturated rings. The van der Waals surface area contributed by atoms with Crippen molar-refractivity contribution in [2.24, 2.45) is 22.9 Å². The van der Waals surface area contributed by atoms with Crippen molar-refractivity contribution in [3.8, 4) is 0 Å². The first-order valence-electron chi connectivity index (χ1n) is 5.88. The van der Waals surface area contributed by atoms with Crippen molar-refractivity contribution < 1.29 is 28.8 Å². The minimum absolute atomic E-state index is 0.657. The maximum atomic E-state index is 11.9. The molecule has 0 bridgehead atoms. The Morgan fingerprint density at radius 2 is 0.826 bits per heavy atom. The van der Waals surface area contributed by atoms with Gasteiger partial charge in [0.05, 0.1) is 33.4 Å². The van der Waals surface area contributed by atoms with Gasteiger partial charge in [-0.15, -0.1) is 0 Å². The number of primary amides is 4. The summed E-state index contributed by atoms with van der Waals surface area (Å²) in [7, 11) is 0. The first kappa shape index (κ1) is 15.6. The normalized spacial score (nSPS) is 12.5. The van der Waals surface area contributed by atoms with Gasteiger partial charge in [0, 0.05) is 0 Å². The fraction of sp³-hybridized carbons (Fsp3) is 0. The van der Waals surface area contributed by atoms with Crippen LogP contribution >= 0.6 is 0 Å². The summed E-state index contributed by atoms with van der Waals surface area (Å²) in [5.74, 6) is -7.55. The van der Waals surface area contributed by atoms with E-state index in [0.717, 1.165) is 0 Å². The summed E-state index contributed by atoms with van der Waals surface area (Å²) in [5.41, 5.74) is 15.9. The summed E-state index contributed by atoms with van der Waals surface area (Å²) in [6.45, 7) is 0. The molecule has 0 atom stereocenters. The summed E-state index contributed by atoms with van der Waals surface area (Å²) in [5, 5.41) is 1.81. The van der Waals surface area contributed by atoms with Gasteiger partial charge in [-0.1, -0.05) is 0 Å². The van der Waals surface area contributed by atoms with Gasteiger partial charge < -0.3 is 22.9 Å². The molecule has 0 aromatic heterocycles. The highest BCUT2D eigenvalue weighted by atomic mass is 16.2. The van der Waals surface area contributed by atoms with Crippen LogP contribution in [0.4, 0.5) is 0 Å². The number of nitrogens with two attached hydrogens (primary N) is 4. The lowest BCUT2D eigenvalue weighted by molar-refractivity contribution is 0.0870. The van der Waals surface area contributed by atoms with Crippen LogP contribution in [0.3, 0.4) is 0 Å². The summed E-state index contributed by atoms with van der Waals surface area (Å²) in [6, 6.07) is 0. The molecule has 11 nitrogen and oxygen atoms in total. The van der Waals surface area contributed by atoms with E-state index < -0.39 is 68.8 Å². The van der Waals surface area contributed by atoms with Gasteiger partial charge >= 0.3 is 0 Å². The first-order valence-corrected chi connectivity index (χ1v) is 5.88. The van der Waals surface area contributed by atoms with Crippen molar-refractivity contribution in [2.75, 3.05) is 0 Å². The van der Waals surface area contributed by atoms with Crippen LogP contribution in [0.2, 0.25) is 0 Å².